The number of benzene rings is 1. The van der Waals surface area contributed by atoms with E-state index in [1.54, 1.807) is 0 Å². The van der Waals surface area contributed by atoms with Crippen LogP contribution in [0.15, 0.2) is 22.7 Å². The van der Waals surface area contributed by atoms with Crippen molar-refractivity contribution >= 4 is 40.7 Å². The zero-order valence-electron chi connectivity index (χ0n) is 12.1. The normalized spacial score (nSPS) is 9.55. The summed E-state index contributed by atoms with van der Waals surface area (Å²) in [6.07, 6.45) is 1.16. The average molecular weight is 388 g/mol. The second-order valence-electron chi connectivity index (χ2n) is 4.08. The SMILES string of the molecule is CCNCCCNCc1ccc(OCC)c(Br)c1.Cl.Cl. The number of halogens is 3. The molecule has 3 nitrogen and oxygen atoms in total. The first kappa shape index (κ1) is 22.3. The number of rotatable bonds is 9. The van der Waals surface area contributed by atoms with Crippen LogP contribution < -0.4 is 15.4 Å². The van der Waals surface area contributed by atoms with Crippen LogP contribution in [-0.2, 0) is 6.54 Å². The monoisotopic (exact) mass is 386 g/mol. The Labute approximate surface area is 143 Å². The highest BCUT2D eigenvalue weighted by Gasteiger charge is 2.01. The molecule has 1 aromatic carbocycles. The van der Waals surface area contributed by atoms with Crippen LogP contribution in [-0.4, -0.2) is 26.2 Å². The van der Waals surface area contributed by atoms with Crippen molar-refractivity contribution in [2.75, 3.05) is 26.2 Å². The third-order valence-electron chi connectivity index (χ3n) is 2.58. The maximum Gasteiger partial charge on any atom is 0.133 e. The van der Waals surface area contributed by atoms with E-state index in [1.807, 2.05) is 13.0 Å². The van der Waals surface area contributed by atoms with Gasteiger partial charge >= 0.3 is 0 Å². The predicted octanol–water partition coefficient (Wildman–Crippen LogP) is 3.78. The zero-order valence-corrected chi connectivity index (χ0v) is 15.3. The van der Waals surface area contributed by atoms with Gasteiger partial charge in [0.05, 0.1) is 11.1 Å². The molecule has 0 aliphatic heterocycles. The van der Waals surface area contributed by atoms with E-state index in [9.17, 15) is 0 Å². The molecule has 0 atom stereocenters. The van der Waals surface area contributed by atoms with Gasteiger partial charge in [0, 0.05) is 6.54 Å². The van der Waals surface area contributed by atoms with Gasteiger partial charge in [-0.15, -0.1) is 24.8 Å². The maximum absolute atomic E-state index is 5.49. The predicted molar refractivity (Wildman–Crippen MR) is 94.7 cm³/mol. The van der Waals surface area contributed by atoms with Crippen LogP contribution in [0.5, 0.6) is 5.75 Å². The molecule has 1 aromatic rings. The van der Waals surface area contributed by atoms with Gasteiger partial charge in [0.1, 0.15) is 5.75 Å². The molecule has 0 aliphatic carbocycles. The Morgan fingerprint density at radius 1 is 1.10 bits per heavy atom. The molecular weight excluding hydrogens is 363 g/mol. The molecule has 0 aliphatic rings. The molecule has 20 heavy (non-hydrogen) atoms. The average Bonchev–Trinajstić information content (AvgIpc) is 2.37. The smallest absolute Gasteiger partial charge is 0.133 e. The van der Waals surface area contributed by atoms with Crippen LogP contribution in [0, 0.1) is 0 Å². The molecule has 0 spiro atoms. The van der Waals surface area contributed by atoms with Gasteiger partial charge in [-0.2, -0.15) is 0 Å². The fraction of sp³-hybridized carbons (Fsp3) is 0.571. The van der Waals surface area contributed by atoms with Gasteiger partial charge in [-0.05, 0) is 66.6 Å². The molecule has 0 amide bonds. The third-order valence-corrected chi connectivity index (χ3v) is 3.20. The molecule has 6 heteroatoms. The Balaban J connectivity index is 0. The minimum Gasteiger partial charge on any atom is -0.493 e. The van der Waals surface area contributed by atoms with E-state index in [4.69, 9.17) is 4.74 Å². The number of ether oxygens (including phenoxy) is 1. The van der Waals surface area contributed by atoms with Crippen LogP contribution in [0.1, 0.15) is 25.8 Å². The largest absolute Gasteiger partial charge is 0.493 e. The van der Waals surface area contributed by atoms with Gasteiger partial charge in [-0.3, -0.25) is 0 Å². The first-order valence-corrected chi connectivity index (χ1v) is 7.39. The Hall–Kier alpha value is -0.000000000000000111. The van der Waals surface area contributed by atoms with Crippen molar-refractivity contribution in [2.24, 2.45) is 0 Å². The summed E-state index contributed by atoms with van der Waals surface area (Å²) in [5.41, 5.74) is 1.27. The van der Waals surface area contributed by atoms with E-state index < -0.39 is 0 Å². The topological polar surface area (TPSA) is 33.3 Å². The Kier molecular flexibility index (Phi) is 15.6. The fourth-order valence-corrected chi connectivity index (χ4v) is 2.22. The highest BCUT2D eigenvalue weighted by Crippen LogP contribution is 2.25. The number of nitrogens with one attached hydrogen (secondary N) is 2. The lowest BCUT2D eigenvalue weighted by atomic mass is 10.2. The Morgan fingerprint density at radius 2 is 1.80 bits per heavy atom. The molecule has 0 heterocycles. The molecule has 0 saturated carbocycles. The van der Waals surface area contributed by atoms with Crippen LogP contribution in [0.25, 0.3) is 0 Å². The summed E-state index contributed by atoms with van der Waals surface area (Å²) in [7, 11) is 0. The van der Waals surface area contributed by atoms with E-state index >= 15 is 0 Å². The van der Waals surface area contributed by atoms with Crippen LogP contribution in [0.2, 0.25) is 0 Å². The quantitative estimate of drug-likeness (QED) is 0.632. The van der Waals surface area contributed by atoms with Crippen LogP contribution in [0.4, 0.5) is 0 Å². The Bertz CT molecular complexity index is 354. The summed E-state index contributed by atoms with van der Waals surface area (Å²) in [5.74, 6) is 0.911. The van der Waals surface area contributed by atoms with Gasteiger partial charge in [0.25, 0.3) is 0 Å². The van der Waals surface area contributed by atoms with Crippen molar-refractivity contribution in [3.05, 3.63) is 28.2 Å². The van der Waals surface area contributed by atoms with Crippen molar-refractivity contribution < 1.29 is 4.74 Å². The Morgan fingerprint density at radius 3 is 2.40 bits per heavy atom. The summed E-state index contributed by atoms with van der Waals surface area (Å²) in [4.78, 5) is 0. The van der Waals surface area contributed by atoms with Gasteiger partial charge in [0.2, 0.25) is 0 Å². The molecule has 1 rings (SSSR count). The van der Waals surface area contributed by atoms with Gasteiger partial charge < -0.3 is 15.4 Å². The highest BCUT2D eigenvalue weighted by molar-refractivity contribution is 9.10. The summed E-state index contributed by atoms with van der Waals surface area (Å²) in [5, 5.41) is 6.75. The lowest BCUT2D eigenvalue weighted by molar-refractivity contribution is 0.338. The molecule has 0 unspecified atom stereocenters. The van der Waals surface area contributed by atoms with E-state index in [-0.39, 0.29) is 24.8 Å². The minimum atomic E-state index is 0. The standard InChI is InChI=1S/C14H23BrN2O.2ClH/c1-3-16-8-5-9-17-11-12-6-7-14(18-4-2)13(15)10-12;;/h6-7,10,16-17H,3-5,8-9,11H2,1-2H3;2*1H. The van der Waals surface area contributed by atoms with Gasteiger partial charge in [-0.1, -0.05) is 13.0 Å². The third kappa shape index (κ3) is 9.03. The van der Waals surface area contributed by atoms with Crippen LogP contribution >= 0.6 is 40.7 Å². The first-order valence-electron chi connectivity index (χ1n) is 6.60. The van der Waals surface area contributed by atoms with Crippen LogP contribution in [0.3, 0.4) is 0 Å². The number of hydrogen-bond acceptors (Lipinski definition) is 3. The summed E-state index contributed by atoms with van der Waals surface area (Å²) in [6, 6.07) is 6.23. The fourth-order valence-electron chi connectivity index (χ4n) is 1.67. The molecule has 2 N–H and O–H groups in total. The summed E-state index contributed by atoms with van der Waals surface area (Å²) < 4.78 is 6.51. The van der Waals surface area contributed by atoms with E-state index in [0.29, 0.717) is 6.61 Å². The van der Waals surface area contributed by atoms with Gasteiger partial charge in [0.15, 0.2) is 0 Å². The van der Waals surface area contributed by atoms with Crippen molar-refractivity contribution in [1.82, 2.24) is 10.6 Å². The van der Waals surface area contributed by atoms with E-state index in [0.717, 1.165) is 42.8 Å². The minimum absolute atomic E-state index is 0. The zero-order chi connectivity index (χ0) is 13.2. The molecular formula is C14H25BrCl2N2O. The number of hydrogen-bond donors (Lipinski definition) is 2. The van der Waals surface area contributed by atoms with Crippen molar-refractivity contribution in [3.8, 4) is 5.75 Å². The molecule has 0 fully saturated rings. The van der Waals surface area contributed by atoms with Crippen molar-refractivity contribution in [1.29, 1.82) is 0 Å². The lowest BCUT2D eigenvalue weighted by Gasteiger charge is -2.09. The maximum atomic E-state index is 5.49. The second-order valence-corrected chi connectivity index (χ2v) is 4.94. The summed E-state index contributed by atoms with van der Waals surface area (Å²) >= 11 is 3.53. The molecule has 118 valence electrons. The van der Waals surface area contributed by atoms with E-state index in [2.05, 4.69) is 45.6 Å². The molecule has 0 saturated heterocycles. The van der Waals surface area contributed by atoms with Gasteiger partial charge in [-0.25, -0.2) is 0 Å². The molecule has 0 bridgehead atoms. The molecule has 0 aromatic heterocycles. The van der Waals surface area contributed by atoms with Crippen molar-refractivity contribution in [2.45, 2.75) is 26.8 Å². The second kappa shape index (κ2) is 14.0. The first-order chi connectivity index (χ1) is 8.77. The lowest BCUT2D eigenvalue weighted by Crippen LogP contribution is -2.21. The summed E-state index contributed by atoms with van der Waals surface area (Å²) in [6.45, 7) is 8.88. The van der Waals surface area contributed by atoms with E-state index in [1.165, 1.54) is 5.56 Å². The highest BCUT2D eigenvalue weighted by atomic mass is 79.9. The molecule has 0 radical (unpaired) electrons. The van der Waals surface area contributed by atoms with Crippen molar-refractivity contribution in [3.63, 3.8) is 0 Å².